The second kappa shape index (κ2) is 10.0. The van der Waals surface area contributed by atoms with Crippen molar-refractivity contribution in [3.05, 3.63) is 47.8 Å². The molecule has 0 saturated carbocycles. The van der Waals surface area contributed by atoms with Crippen LogP contribution < -0.4 is 10.6 Å². The Hall–Kier alpha value is -3.59. The van der Waals surface area contributed by atoms with Crippen molar-refractivity contribution in [1.29, 1.82) is 0 Å². The summed E-state index contributed by atoms with van der Waals surface area (Å²) in [6.45, 7) is 2.26. The minimum atomic E-state index is -4.72. The Labute approximate surface area is 211 Å². The van der Waals surface area contributed by atoms with E-state index in [-0.39, 0.29) is 29.3 Å². The van der Waals surface area contributed by atoms with Crippen LogP contribution in [0.4, 0.5) is 19.1 Å². The van der Waals surface area contributed by atoms with Crippen LogP contribution in [-0.4, -0.2) is 75.6 Å². The number of aromatic nitrogens is 5. The van der Waals surface area contributed by atoms with Crippen LogP contribution in [0.15, 0.2) is 30.9 Å². The molecule has 3 aromatic rings. The number of pyridine rings is 1. The number of piperidine rings is 1. The molecule has 3 aromatic heterocycles. The molecule has 0 atom stereocenters. The highest BCUT2D eigenvalue weighted by molar-refractivity contribution is 7.88. The summed E-state index contributed by atoms with van der Waals surface area (Å²) >= 11 is 0. The lowest BCUT2D eigenvalue weighted by Crippen LogP contribution is -2.42. The van der Waals surface area contributed by atoms with Crippen molar-refractivity contribution in [2.24, 2.45) is 0 Å². The van der Waals surface area contributed by atoms with Gasteiger partial charge in [0.05, 0.1) is 17.6 Å². The van der Waals surface area contributed by atoms with E-state index < -0.39 is 27.5 Å². The van der Waals surface area contributed by atoms with Gasteiger partial charge in [0.25, 0.3) is 5.91 Å². The number of anilines is 1. The second-order valence-electron chi connectivity index (χ2n) is 8.58. The van der Waals surface area contributed by atoms with Gasteiger partial charge >= 0.3 is 6.18 Å². The molecule has 1 aliphatic rings. The van der Waals surface area contributed by atoms with E-state index in [0.29, 0.717) is 43.5 Å². The predicted octanol–water partition coefficient (Wildman–Crippen LogP) is 2.25. The number of alkyl halides is 3. The minimum Gasteiger partial charge on any atom is -0.354 e. The Morgan fingerprint density at radius 1 is 1.14 bits per heavy atom. The van der Waals surface area contributed by atoms with Gasteiger partial charge in [-0.3, -0.25) is 4.79 Å². The van der Waals surface area contributed by atoms with Crippen molar-refractivity contribution in [3.63, 3.8) is 0 Å². The van der Waals surface area contributed by atoms with E-state index in [2.05, 4.69) is 30.6 Å². The fourth-order valence-corrected chi connectivity index (χ4v) is 4.90. The quantitative estimate of drug-likeness (QED) is 0.488. The highest BCUT2D eigenvalue weighted by Gasteiger charge is 2.36. The highest BCUT2D eigenvalue weighted by atomic mass is 32.2. The van der Waals surface area contributed by atoms with Crippen LogP contribution >= 0.6 is 0 Å². The Kier molecular flexibility index (Phi) is 7.19. The molecule has 4 heterocycles. The van der Waals surface area contributed by atoms with E-state index in [1.54, 1.807) is 13.0 Å². The molecule has 198 valence electrons. The molecule has 0 unspecified atom stereocenters. The van der Waals surface area contributed by atoms with Crippen LogP contribution in [0.5, 0.6) is 0 Å². The topological polar surface area (TPSA) is 135 Å². The van der Waals surface area contributed by atoms with Crippen LogP contribution in [0.3, 0.4) is 0 Å². The number of aryl methyl sites for hydroxylation is 1. The second-order valence-corrected chi connectivity index (χ2v) is 10.6. The van der Waals surface area contributed by atoms with Crippen LogP contribution in [-0.2, 0) is 16.2 Å². The maximum absolute atomic E-state index is 13.8. The van der Waals surface area contributed by atoms with Crippen molar-refractivity contribution < 1.29 is 26.4 Å². The molecule has 11 nitrogen and oxygen atoms in total. The van der Waals surface area contributed by atoms with E-state index >= 15 is 0 Å². The first kappa shape index (κ1) is 26.5. The van der Waals surface area contributed by atoms with Gasteiger partial charge in [0, 0.05) is 38.6 Å². The summed E-state index contributed by atoms with van der Waals surface area (Å²) in [5, 5.41) is 5.50. The first-order chi connectivity index (χ1) is 17.4. The molecule has 4 rings (SSSR count). The monoisotopic (exact) mass is 538 g/mol. The summed E-state index contributed by atoms with van der Waals surface area (Å²) in [6.07, 6.45) is 0.786. The Morgan fingerprint density at radius 3 is 2.43 bits per heavy atom. The van der Waals surface area contributed by atoms with E-state index in [9.17, 15) is 26.4 Å². The lowest BCUT2D eigenvalue weighted by atomic mass is 10.1. The maximum Gasteiger partial charge on any atom is 0.420 e. The van der Waals surface area contributed by atoms with Crippen molar-refractivity contribution in [2.75, 3.05) is 31.7 Å². The van der Waals surface area contributed by atoms with Crippen molar-refractivity contribution >= 4 is 21.9 Å². The van der Waals surface area contributed by atoms with Gasteiger partial charge in [0.2, 0.25) is 16.0 Å². The maximum atomic E-state index is 13.8. The van der Waals surface area contributed by atoms with Gasteiger partial charge in [-0.2, -0.15) is 13.2 Å². The zero-order valence-corrected chi connectivity index (χ0v) is 21.1. The molecule has 1 aliphatic heterocycles. The van der Waals surface area contributed by atoms with Gasteiger partial charge in [0.1, 0.15) is 29.0 Å². The summed E-state index contributed by atoms with van der Waals surface area (Å²) in [7, 11) is -1.82. The van der Waals surface area contributed by atoms with E-state index in [1.807, 2.05) is 0 Å². The Balaban J connectivity index is 1.62. The summed E-state index contributed by atoms with van der Waals surface area (Å²) in [4.78, 5) is 28.2. The molecular weight excluding hydrogens is 513 g/mol. The number of nitrogens with zero attached hydrogens (tertiary/aromatic N) is 6. The summed E-state index contributed by atoms with van der Waals surface area (Å²) < 4.78 is 67.6. The third-order valence-corrected chi connectivity index (χ3v) is 7.27. The minimum absolute atomic E-state index is 0.0110. The molecular formula is C22H25F3N8O3S. The predicted molar refractivity (Wildman–Crippen MR) is 129 cm³/mol. The first-order valence-electron chi connectivity index (χ1n) is 11.3. The summed E-state index contributed by atoms with van der Waals surface area (Å²) in [6, 6.07) is 2.93. The lowest BCUT2D eigenvalue weighted by molar-refractivity contribution is -0.137. The standard InChI is InChI=1S/C22H25F3N8O3S/c1-13-18(5-4-16(29-13)20(34)26-2)32-11-17(28-12-32)19-15(22(23,24)25)10-27-21(31-19)30-14-6-8-33(9-7-14)37(3,35)36/h4-5,10-12,14H,6-9H2,1-3H3,(H,26,34)(H,27,30,31). The zero-order valence-electron chi connectivity index (χ0n) is 20.2. The van der Waals surface area contributed by atoms with E-state index in [4.69, 9.17) is 0 Å². The molecule has 0 aromatic carbocycles. The SMILES string of the molecule is CNC(=O)c1ccc(-n2cnc(-c3nc(NC4CCN(S(C)(=O)=O)CC4)ncc3C(F)(F)F)c2)c(C)n1. The number of sulfonamides is 1. The molecule has 2 N–H and O–H groups in total. The number of amides is 1. The normalized spacial score (nSPS) is 15.5. The van der Waals surface area contributed by atoms with Crippen molar-refractivity contribution in [1.82, 2.24) is 34.1 Å². The fourth-order valence-electron chi connectivity index (χ4n) is 4.03. The van der Waals surface area contributed by atoms with Crippen LogP contribution in [0.1, 0.15) is 34.6 Å². The van der Waals surface area contributed by atoms with Crippen LogP contribution in [0.25, 0.3) is 17.1 Å². The third kappa shape index (κ3) is 5.88. The molecule has 0 spiro atoms. The number of carbonyl (C=O) groups excluding carboxylic acids is 1. The highest BCUT2D eigenvalue weighted by Crippen LogP contribution is 2.36. The van der Waals surface area contributed by atoms with E-state index in [1.165, 1.54) is 34.5 Å². The fraction of sp³-hybridized carbons (Fsp3) is 0.409. The number of rotatable bonds is 6. The molecule has 0 aliphatic carbocycles. The number of halogens is 3. The largest absolute Gasteiger partial charge is 0.420 e. The van der Waals surface area contributed by atoms with Crippen molar-refractivity contribution in [3.8, 4) is 17.1 Å². The van der Waals surface area contributed by atoms with Crippen LogP contribution in [0.2, 0.25) is 0 Å². The van der Waals surface area contributed by atoms with Gasteiger partial charge in [0.15, 0.2) is 0 Å². The zero-order chi connectivity index (χ0) is 27.0. The number of hydrogen-bond acceptors (Lipinski definition) is 8. The number of imidazole rings is 1. The molecule has 15 heteroatoms. The van der Waals surface area contributed by atoms with Gasteiger partial charge in [-0.05, 0) is 31.9 Å². The first-order valence-corrected chi connectivity index (χ1v) is 13.1. The number of nitrogens with one attached hydrogen (secondary N) is 2. The van der Waals surface area contributed by atoms with Crippen molar-refractivity contribution in [2.45, 2.75) is 32.0 Å². The number of carbonyl (C=O) groups is 1. The molecule has 0 radical (unpaired) electrons. The Morgan fingerprint density at radius 2 is 1.84 bits per heavy atom. The smallest absolute Gasteiger partial charge is 0.354 e. The summed E-state index contributed by atoms with van der Waals surface area (Å²) in [5.74, 6) is -0.373. The van der Waals surface area contributed by atoms with Gasteiger partial charge in [-0.15, -0.1) is 0 Å². The average molecular weight is 539 g/mol. The van der Waals surface area contributed by atoms with Crippen LogP contribution in [0, 0.1) is 6.92 Å². The molecule has 0 bridgehead atoms. The van der Waals surface area contributed by atoms with Gasteiger partial charge in [-0.1, -0.05) is 0 Å². The molecule has 1 amide bonds. The third-order valence-electron chi connectivity index (χ3n) is 5.97. The lowest BCUT2D eigenvalue weighted by Gasteiger charge is -2.30. The molecule has 1 fully saturated rings. The van der Waals surface area contributed by atoms with Gasteiger partial charge in [-0.25, -0.2) is 32.7 Å². The summed E-state index contributed by atoms with van der Waals surface area (Å²) in [5.41, 5.74) is -0.252. The number of hydrogen-bond donors (Lipinski definition) is 2. The van der Waals surface area contributed by atoms with E-state index in [0.717, 1.165) is 6.26 Å². The molecule has 1 saturated heterocycles. The Bertz CT molecular complexity index is 1420. The molecule has 37 heavy (non-hydrogen) atoms. The van der Waals surface area contributed by atoms with Gasteiger partial charge < -0.3 is 15.2 Å². The average Bonchev–Trinajstić information content (AvgIpc) is 3.32.